The molecule has 0 saturated heterocycles. The Hall–Kier alpha value is -1.62. The number of carbonyl (C=O) groups excluding carboxylic acids is 1. The quantitative estimate of drug-likeness (QED) is 0.709. The molecule has 0 aliphatic rings. The second-order valence-corrected chi connectivity index (χ2v) is 3.72. The third kappa shape index (κ3) is 3.55. The van der Waals surface area contributed by atoms with Gasteiger partial charge in [-0.1, -0.05) is 12.1 Å². The van der Waals surface area contributed by atoms with Gasteiger partial charge in [-0.2, -0.15) is 4.98 Å². The molecule has 0 fully saturated rings. The Kier molecular flexibility index (Phi) is 4.05. The summed E-state index contributed by atoms with van der Waals surface area (Å²) in [6.07, 6.45) is 0. The predicted octanol–water partition coefficient (Wildman–Crippen LogP) is 0.480. The number of hydrogen-bond acceptors (Lipinski definition) is 4. The van der Waals surface area contributed by atoms with E-state index < -0.39 is 5.97 Å². The third-order valence-electron chi connectivity index (χ3n) is 1.51. The molecule has 0 saturated carbocycles. The molecule has 2 aromatic rings. The molecule has 1 aromatic carbocycles. The topological polar surface area (TPSA) is 63.5 Å². The number of hydrogen-bond donors (Lipinski definition) is 0. The molecule has 15 heavy (non-hydrogen) atoms. The number of H-pyrrole nitrogens is 1. The Balaban J connectivity index is 0.000000245. The summed E-state index contributed by atoms with van der Waals surface area (Å²) in [6, 6.07) is 8.13. The fourth-order valence-corrected chi connectivity index (χ4v) is 1.81. The largest absolute Gasteiger partial charge is 0.550 e. The van der Waals surface area contributed by atoms with E-state index >= 15 is 0 Å². The van der Waals surface area contributed by atoms with Gasteiger partial charge < -0.3 is 14.6 Å². The minimum Gasteiger partial charge on any atom is -0.550 e. The normalized spacial score (nSPS) is 9.20. The van der Waals surface area contributed by atoms with E-state index in [1.807, 2.05) is 18.2 Å². The van der Waals surface area contributed by atoms with Crippen LogP contribution < -0.4 is 14.8 Å². The van der Waals surface area contributed by atoms with Crippen LogP contribution in [0.15, 0.2) is 24.3 Å². The van der Waals surface area contributed by atoms with Crippen molar-refractivity contribution in [3.63, 3.8) is 0 Å². The van der Waals surface area contributed by atoms with Crippen LogP contribution in [0, 0.1) is 0 Å². The number of carboxylic acids is 1. The average molecular weight is 225 g/mol. The van der Waals surface area contributed by atoms with Gasteiger partial charge >= 0.3 is 5.19 Å². The molecule has 1 heterocycles. The van der Waals surface area contributed by atoms with Crippen molar-refractivity contribution >= 4 is 27.5 Å². The molecule has 1 N–H and O–H groups in total. The summed E-state index contributed by atoms with van der Waals surface area (Å²) >= 11 is 1.62. The monoisotopic (exact) mass is 225 g/mol. The van der Waals surface area contributed by atoms with E-state index in [1.54, 1.807) is 18.4 Å². The fourth-order valence-electron chi connectivity index (χ4n) is 0.987. The van der Waals surface area contributed by atoms with Crippen LogP contribution in [0.25, 0.3) is 10.2 Å². The molecule has 4 nitrogen and oxygen atoms in total. The molecular formula is C10H11NO3S. The smallest absolute Gasteiger partial charge is 0.429 e. The second kappa shape index (κ2) is 5.31. The van der Waals surface area contributed by atoms with Crippen molar-refractivity contribution < 1.29 is 19.6 Å². The van der Waals surface area contributed by atoms with Gasteiger partial charge in [-0.25, -0.2) is 0 Å². The lowest BCUT2D eigenvalue weighted by Crippen LogP contribution is -2.16. The summed E-state index contributed by atoms with van der Waals surface area (Å²) in [5.74, 6) is -1.08. The lowest BCUT2D eigenvalue weighted by atomic mass is 10.3. The van der Waals surface area contributed by atoms with Crippen molar-refractivity contribution in [3.8, 4) is 5.19 Å². The maximum atomic E-state index is 8.89. The summed E-state index contributed by atoms with van der Waals surface area (Å²) in [7, 11) is 1.67. The van der Waals surface area contributed by atoms with E-state index in [1.165, 1.54) is 4.70 Å². The molecular weight excluding hydrogens is 214 g/mol. The summed E-state index contributed by atoms with van der Waals surface area (Å²) < 4.78 is 6.29. The summed E-state index contributed by atoms with van der Waals surface area (Å²) in [5, 5.41) is 9.74. The number of ether oxygens (including phenoxy) is 1. The van der Waals surface area contributed by atoms with Crippen molar-refractivity contribution in [3.05, 3.63) is 24.3 Å². The molecule has 0 amide bonds. The Morgan fingerprint density at radius 1 is 1.47 bits per heavy atom. The van der Waals surface area contributed by atoms with Crippen LogP contribution in [-0.4, -0.2) is 13.1 Å². The molecule has 0 spiro atoms. The zero-order chi connectivity index (χ0) is 11.3. The van der Waals surface area contributed by atoms with Crippen LogP contribution in [0.5, 0.6) is 5.19 Å². The number of rotatable bonds is 1. The van der Waals surface area contributed by atoms with Crippen molar-refractivity contribution in [1.29, 1.82) is 0 Å². The Labute approximate surface area is 91.1 Å². The SMILES string of the molecule is CC(=O)[O-].COc1[nH+]c2ccccc2s1. The van der Waals surface area contributed by atoms with Crippen molar-refractivity contribution in [2.75, 3.05) is 7.11 Å². The molecule has 0 aliphatic heterocycles. The van der Waals surface area contributed by atoms with Gasteiger partial charge in [0.15, 0.2) is 0 Å². The number of aromatic nitrogens is 1. The van der Waals surface area contributed by atoms with E-state index in [2.05, 4.69) is 11.1 Å². The number of nitrogens with one attached hydrogen (secondary N) is 1. The highest BCUT2D eigenvalue weighted by Crippen LogP contribution is 2.22. The highest BCUT2D eigenvalue weighted by molar-refractivity contribution is 7.19. The average Bonchev–Trinajstić information content (AvgIpc) is 2.59. The third-order valence-corrected chi connectivity index (χ3v) is 2.54. The molecule has 5 heteroatoms. The van der Waals surface area contributed by atoms with Crippen LogP contribution in [0.3, 0.4) is 0 Å². The number of aliphatic carboxylic acids is 1. The molecule has 1 aromatic heterocycles. The first-order valence-corrected chi connectivity index (χ1v) is 5.07. The highest BCUT2D eigenvalue weighted by Gasteiger charge is 2.08. The number of thiazole rings is 1. The number of benzene rings is 1. The summed E-state index contributed by atoms with van der Waals surface area (Å²) in [6.45, 7) is 0.972. The molecule has 0 radical (unpaired) electrons. The molecule has 80 valence electrons. The van der Waals surface area contributed by atoms with Gasteiger partial charge in [-0.15, -0.1) is 0 Å². The lowest BCUT2D eigenvalue weighted by Gasteiger charge is -1.78. The van der Waals surface area contributed by atoms with E-state index in [0.717, 1.165) is 17.6 Å². The van der Waals surface area contributed by atoms with Gasteiger partial charge in [0.1, 0.15) is 4.70 Å². The van der Waals surface area contributed by atoms with Gasteiger partial charge in [0.05, 0.1) is 7.11 Å². The van der Waals surface area contributed by atoms with Crippen LogP contribution in [0.4, 0.5) is 0 Å². The van der Waals surface area contributed by atoms with Crippen molar-refractivity contribution in [2.45, 2.75) is 6.92 Å². The lowest BCUT2D eigenvalue weighted by molar-refractivity contribution is -0.354. The Morgan fingerprint density at radius 3 is 2.60 bits per heavy atom. The molecule has 0 atom stereocenters. The maximum Gasteiger partial charge on any atom is 0.429 e. The number of fused-ring (bicyclic) bond motifs is 1. The van der Waals surface area contributed by atoms with Crippen LogP contribution in [0.1, 0.15) is 6.92 Å². The van der Waals surface area contributed by atoms with Crippen molar-refractivity contribution in [2.24, 2.45) is 0 Å². The van der Waals surface area contributed by atoms with Gasteiger partial charge in [-0.05, 0) is 24.3 Å². The molecule has 0 bridgehead atoms. The van der Waals surface area contributed by atoms with Gasteiger partial charge in [-0.3, -0.25) is 0 Å². The van der Waals surface area contributed by atoms with Crippen LogP contribution in [0.2, 0.25) is 0 Å². The number of carboxylic acid groups (broad SMARTS) is 1. The number of para-hydroxylation sites is 1. The predicted molar refractivity (Wildman–Crippen MR) is 55.6 cm³/mol. The fraction of sp³-hybridized carbons (Fsp3) is 0.200. The molecule has 0 aliphatic carbocycles. The van der Waals surface area contributed by atoms with E-state index in [4.69, 9.17) is 14.6 Å². The molecule has 2 rings (SSSR count). The first-order chi connectivity index (χ1) is 7.13. The van der Waals surface area contributed by atoms with E-state index in [0.29, 0.717) is 0 Å². The zero-order valence-electron chi connectivity index (χ0n) is 8.44. The Morgan fingerprint density at radius 2 is 2.07 bits per heavy atom. The van der Waals surface area contributed by atoms with Crippen LogP contribution in [-0.2, 0) is 4.79 Å². The minimum atomic E-state index is -1.08. The number of aromatic amines is 1. The number of methoxy groups -OCH3 is 1. The minimum absolute atomic E-state index is 0.853. The first-order valence-electron chi connectivity index (χ1n) is 4.26. The number of carbonyl (C=O) groups is 1. The zero-order valence-corrected chi connectivity index (χ0v) is 9.26. The van der Waals surface area contributed by atoms with Crippen LogP contribution >= 0.6 is 11.3 Å². The van der Waals surface area contributed by atoms with E-state index in [9.17, 15) is 0 Å². The van der Waals surface area contributed by atoms with Gasteiger partial charge in [0.25, 0.3) is 0 Å². The second-order valence-electron chi connectivity index (χ2n) is 2.71. The standard InChI is InChI=1S/C8H7NOS.C2H4O2/c1-10-8-9-6-4-2-3-5-7(6)11-8;1-2(3)4/h2-5H,1H3;1H3,(H,3,4). The first kappa shape index (κ1) is 11.5. The summed E-state index contributed by atoms with van der Waals surface area (Å²) in [4.78, 5) is 12.0. The van der Waals surface area contributed by atoms with Crippen molar-refractivity contribution in [1.82, 2.24) is 0 Å². The van der Waals surface area contributed by atoms with Gasteiger partial charge in [0, 0.05) is 12.0 Å². The summed E-state index contributed by atoms with van der Waals surface area (Å²) in [5.41, 5.74) is 1.13. The maximum absolute atomic E-state index is 8.89. The highest BCUT2D eigenvalue weighted by atomic mass is 32.1. The van der Waals surface area contributed by atoms with E-state index in [-0.39, 0.29) is 0 Å². The molecule has 0 unspecified atom stereocenters. The van der Waals surface area contributed by atoms with Gasteiger partial charge in [0.2, 0.25) is 5.52 Å². The Bertz CT molecular complexity index is 416.